The van der Waals surface area contributed by atoms with E-state index >= 15 is 0 Å². The number of Topliss-reactive ketones (excluding diaryl/α,β-unsaturated/α-hetero) is 1. The quantitative estimate of drug-likeness (QED) is 0.592. The smallest absolute Gasteiger partial charge is 0.169 e. The van der Waals surface area contributed by atoms with Crippen LogP contribution in [-0.4, -0.2) is 37.9 Å². The van der Waals surface area contributed by atoms with Gasteiger partial charge in [-0.25, -0.2) is 0 Å². The maximum absolute atomic E-state index is 11.9. The van der Waals surface area contributed by atoms with Crippen LogP contribution in [0.25, 0.3) is 0 Å². The second-order valence-corrected chi connectivity index (χ2v) is 4.33. The molecule has 0 radical (unpaired) electrons. The zero-order valence-corrected chi connectivity index (χ0v) is 8.26. The molecule has 0 aromatic rings. The summed E-state index contributed by atoms with van der Waals surface area (Å²) >= 11 is 0. The van der Waals surface area contributed by atoms with Crippen molar-refractivity contribution in [3.63, 3.8) is 0 Å². The third kappa shape index (κ3) is 1.48. The van der Waals surface area contributed by atoms with Gasteiger partial charge in [0.2, 0.25) is 0 Å². The maximum atomic E-state index is 11.9. The van der Waals surface area contributed by atoms with Gasteiger partial charge in [0, 0.05) is 44.4 Å². The minimum Gasteiger partial charge on any atom is -0.383 e. The fourth-order valence-corrected chi connectivity index (χ4v) is 1.91. The monoisotopic (exact) mass is 180 g/mol. The number of rotatable bonds is 1. The molecule has 2 rings (SSSR count). The molecule has 1 N–H and O–H groups in total. The van der Waals surface area contributed by atoms with Crippen molar-refractivity contribution >= 4 is 5.78 Å². The molecule has 0 atom stereocenters. The van der Waals surface area contributed by atoms with E-state index in [0.717, 1.165) is 31.5 Å². The van der Waals surface area contributed by atoms with Gasteiger partial charge in [0.1, 0.15) is 0 Å². The van der Waals surface area contributed by atoms with Gasteiger partial charge >= 0.3 is 0 Å². The zero-order valence-electron chi connectivity index (χ0n) is 8.26. The van der Waals surface area contributed by atoms with Gasteiger partial charge in [-0.3, -0.25) is 4.79 Å². The minimum atomic E-state index is 0.0000926. The van der Waals surface area contributed by atoms with Crippen LogP contribution in [0, 0.1) is 5.41 Å². The Bertz CT molecular complexity index is 264. The highest BCUT2D eigenvalue weighted by molar-refractivity contribution is 6.02. The first kappa shape index (κ1) is 8.75. The summed E-state index contributed by atoms with van der Waals surface area (Å²) in [4.78, 5) is 13.9. The molecule has 3 heteroatoms. The van der Waals surface area contributed by atoms with E-state index in [1.807, 2.05) is 25.2 Å². The topological polar surface area (TPSA) is 32.3 Å². The highest BCUT2D eigenvalue weighted by atomic mass is 16.1. The molecular formula is C10H16N2O. The molecule has 0 bridgehead atoms. The molecule has 3 nitrogen and oxygen atoms in total. The molecule has 1 aliphatic heterocycles. The fourth-order valence-electron chi connectivity index (χ4n) is 1.91. The Balaban J connectivity index is 2.16. The van der Waals surface area contributed by atoms with Crippen molar-refractivity contribution < 1.29 is 4.79 Å². The van der Waals surface area contributed by atoms with E-state index in [4.69, 9.17) is 0 Å². The van der Waals surface area contributed by atoms with Crippen LogP contribution in [0.3, 0.4) is 0 Å². The molecule has 0 amide bonds. The zero-order chi connectivity index (χ0) is 9.47. The van der Waals surface area contributed by atoms with Crippen molar-refractivity contribution in [2.24, 2.45) is 5.41 Å². The maximum Gasteiger partial charge on any atom is 0.169 e. The van der Waals surface area contributed by atoms with Crippen LogP contribution >= 0.6 is 0 Å². The highest BCUT2D eigenvalue weighted by Gasteiger charge is 2.51. The van der Waals surface area contributed by atoms with E-state index in [0.29, 0.717) is 5.78 Å². The van der Waals surface area contributed by atoms with Gasteiger partial charge in [0.15, 0.2) is 5.78 Å². The summed E-state index contributed by atoms with van der Waals surface area (Å²) < 4.78 is 0. The third-order valence-electron chi connectivity index (χ3n) is 2.82. The number of ketones is 1. The number of piperidine rings is 1. The molecule has 0 unspecified atom stereocenters. The van der Waals surface area contributed by atoms with Gasteiger partial charge in [-0.2, -0.15) is 0 Å². The molecule has 2 fully saturated rings. The first-order valence-corrected chi connectivity index (χ1v) is 4.77. The number of carbonyl (C=O) groups excluding carboxylic acids is 1. The van der Waals surface area contributed by atoms with Crippen LogP contribution in [0.15, 0.2) is 11.8 Å². The van der Waals surface area contributed by atoms with Crippen molar-refractivity contribution in [1.29, 1.82) is 0 Å². The molecule has 0 aromatic heterocycles. The van der Waals surface area contributed by atoms with Gasteiger partial charge in [0.05, 0.1) is 0 Å². The van der Waals surface area contributed by atoms with Crippen molar-refractivity contribution in [3.8, 4) is 0 Å². The fraction of sp³-hybridized carbons (Fsp3) is 0.700. The lowest BCUT2D eigenvalue weighted by Crippen LogP contribution is -2.40. The molecule has 1 spiro atoms. The van der Waals surface area contributed by atoms with Crippen molar-refractivity contribution in [3.05, 3.63) is 11.8 Å². The Morgan fingerprint density at radius 3 is 2.69 bits per heavy atom. The van der Waals surface area contributed by atoms with E-state index in [2.05, 4.69) is 5.32 Å². The van der Waals surface area contributed by atoms with E-state index < -0.39 is 0 Å². The van der Waals surface area contributed by atoms with Crippen LogP contribution in [0.5, 0.6) is 0 Å². The Kier molecular flexibility index (Phi) is 1.91. The summed E-state index contributed by atoms with van der Waals surface area (Å²) in [7, 11) is 3.91. The molecule has 1 aliphatic carbocycles. The van der Waals surface area contributed by atoms with Crippen molar-refractivity contribution in [2.45, 2.75) is 12.8 Å². The largest absolute Gasteiger partial charge is 0.383 e. The summed E-state index contributed by atoms with van der Waals surface area (Å²) in [5.74, 6) is 0.375. The van der Waals surface area contributed by atoms with E-state index in [1.54, 1.807) is 0 Å². The summed E-state index contributed by atoms with van der Waals surface area (Å²) in [5.41, 5.74) is 0.939. The molecule has 72 valence electrons. The van der Waals surface area contributed by atoms with Gasteiger partial charge in [-0.05, 0) is 12.8 Å². The highest BCUT2D eigenvalue weighted by Crippen LogP contribution is 2.48. The Morgan fingerprint density at radius 2 is 2.15 bits per heavy atom. The average molecular weight is 180 g/mol. The lowest BCUT2D eigenvalue weighted by atomic mass is 9.91. The van der Waals surface area contributed by atoms with E-state index in [-0.39, 0.29) is 5.41 Å². The lowest BCUT2D eigenvalue weighted by molar-refractivity contribution is -0.121. The lowest BCUT2D eigenvalue weighted by Gasteiger charge is -2.24. The molecular weight excluding hydrogens is 164 g/mol. The first-order chi connectivity index (χ1) is 6.14. The third-order valence-corrected chi connectivity index (χ3v) is 2.82. The Hall–Kier alpha value is -0.830. The predicted octanol–water partition coefficient (Wildman–Crippen LogP) is 0.384. The summed E-state index contributed by atoms with van der Waals surface area (Å²) in [6.45, 7) is 1.62. The first-order valence-electron chi connectivity index (χ1n) is 4.77. The number of hydrogen-bond donors (Lipinski definition) is 1. The SMILES string of the molecule is CN(C)/C=C1/CNCC2(CC2)C1=O. The normalized spacial score (nSPS) is 28.2. The van der Waals surface area contributed by atoms with Crippen LogP contribution in [-0.2, 0) is 4.79 Å². The molecule has 2 aliphatic rings. The summed E-state index contributed by atoms with van der Waals surface area (Å²) in [6.07, 6.45) is 4.09. The van der Waals surface area contributed by atoms with Crippen molar-refractivity contribution in [1.82, 2.24) is 10.2 Å². The van der Waals surface area contributed by atoms with Crippen LogP contribution < -0.4 is 5.32 Å². The molecule has 13 heavy (non-hydrogen) atoms. The van der Waals surface area contributed by atoms with Gasteiger partial charge in [0.25, 0.3) is 0 Å². The number of carbonyl (C=O) groups is 1. The predicted molar refractivity (Wildman–Crippen MR) is 51.3 cm³/mol. The van der Waals surface area contributed by atoms with Gasteiger partial charge < -0.3 is 10.2 Å². The summed E-state index contributed by atoms with van der Waals surface area (Å²) in [6, 6.07) is 0. The molecule has 0 aromatic carbocycles. The Morgan fingerprint density at radius 1 is 1.46 bits per heavy atom. The van der Waals surface area contributed by atoms with E-state index in [1.165, 1.54) is 0 Å². The number of hydrogen-bond acceptors (Lipinski definition) is 3. The standard InChI is InChI=1S/C10H16N2O/c1-12(2)6-8-5-11-7-10(3-4-10)9(8)13/h6,11H,3-5,7H2,1-2H3/b8-6-. The Labute approximate surface area is 78.8 Å². The second-order valence-electron chi connectivity index (χ2n) is 4.33. The molecule has 1 heterocycles. The average Bonchev–Trinajstić information content (AvgIpc) is 2.80. The summed E-state index contributed by atoms with van der Waals surface area (Å²) in [5, 5.41) is 3.31. The van der Waals surface area contributed by atoms with Gasteiger partial charge in [-0.15, -0.1) is 0 Å². The number of nitrogens with one attached hydrogen (secondary N) is 1. The molecule has 1 saturated heterocycles. The minimum absolute atomic E-state index is 0.0000926. The molecule has 1 saturated carbocycles. The van der Waals surface area contributed by atoms with Crippen LogP contribution in [0.4, 0.5) is 0 Å². The van der Waals surface area contributed by atoms with Crippen molar-refractivity contribution in [2.75, 3.05) is 27.2 Å². The van der Waals surface area contributed by atoms with Crippen LogP contribution in [0.2, 0.25) is 0 Å². The van der Waals surface area contributed by atoms with E-state index in [9.17, 15) is 4.79 Å². The van der Waals surface area contributed by atoms with Gasteiger partial charge in [-0.1, -0.05) is 0 Å². The van der Waals surface area contributed by atoms with Crippen LogP contribution in [0.1, 0.15) is 12.8 Å². The second kappa shape index (κ2) is 2.84. The number of nitrogens with zero attached hydrogens (tertiary/aromatic N) is 1.